The third kappa shape index (κ3) is 5.10. The van der Waals surface area contributed by atoms with E-state index in [0.29, 0.717) is 42.7 Å². The maximum absolute atomic E-state index is 13.6. The molecule has 4 rings (SSSR count). The molecule has 32 heavy (non-hydrogen) atoms. The van der Waals surface area contributed by atoms with Crippen molar-refractivity contribution in [3.63, 3.8) is 0 Å². The summed E-state index contributed by atoms with van der Waals surface area (Å²) in [4.78, 5) is 27.6. The fraction of sp³-hybridized carbons (Fsp3) is 0.400. The normalized spacial score (nSPS) is 13.4. The molecule has 0 bridgehead atoms. The zero-order valence-electron chi connectivity index (χ0n) is 18.9. The lowest BCUT2D eigenvalue weighted by molar-refractivity contribution is 0.0704. The van der Waals surface area contributed by atoms with E-state index in [1.165, 1.54) is 0 Å². The Balaban J connectivity index is 1.55. The van der Waals surface area contributed by atoms with E-state index >= 15 is 0 Å². The molecule has 1 aromatic carbocycles. The number of aryl methyl sites for hydroxylation is 1. The molecule has 2 amide bonds. The Morgan fingerprint density at radius 2 is 1.94 bits per heavy atom. The predicted octanol–water partition coefficient (Wildman–Crippen LogP) is 4.35. The lowest BCUT2D eigenvalue weighted by Crippen LogP contribution is -2.32. The molecule has 1 fully saturated rings. The quantitative estimate of drug-likeness (QED) is 0.543. The summed E-state index contributed by atoms with van der Waals surface area (Å²) < 4.78 is 7.27. The molecular formula is C25H30N4O3. The largest absolute Gasteiger partial charge is 0.467 e. The molecule has 0 atom stereocenters. The molecule has 7 nitrogen and oxygen atoms in total. The van der Waals surface area contributed by atoms with E-state index in [1.807, 2.05) is 49.4 Å². The second-order valence-corrected chi connectivity index (χ2v) is 8.61. The first-order chi connectivity index (χ1) is 15.4. The SMILES string of the molecule is CCn1nc(C(C)C)cc1C(=O)N(Cc1ccc(C(=O)NC2CC2)cc1)Cc1ccco1. The molecule has 168 valence electrons. The summed E-state index contributed by atoms with van der Waals surface area (Å²) in [6.45, 7) is 7.48. The van der Waals surface area contributed by atoms with Crippen LogP contribution in [-0.2, 0) is 19.6 Å². The van der Waals surface area contributed by atoms with Gasteiger partial charge in [-0.1, -0.05) is 26.0 Å². The number of furan rings is 1. The van der Waals surface area contributed by atoms with Crippen LogP contribution in [0.15, 0.2) is 53.1 Å². The highest BCUT2D eigenvalue weighted by molar-refractivity contribution is 5.94. The molecule has 0 aliphatic heterocycles. The highest BCUT2D eigenvalue weighted by Gasteiger charge is 2.25. The van der Waals surface area contributed by atoms with Crippen LogP contribution in [0.4, 0.5) is 0 Å². The molecule has 1 aliphatic rings. The van der Waals surface area contributed by atoms with Crippen LogP contribution < -0.4 is 5.32 Å². The maximum Gasteiger partial charge on any atom is 0.272 e. The van der Waals surface area contributed by atoms with E-state index in [-0.39, 0.29) is 17.7 Å². The van der Waals surface area contributed by atoms with E-state index in [2.05, 4.69) is 24.3 Å². The Bertz CT molecular complexity index is 1060. The van der Waals surface area contributed by atoms with Crippen LogP contribution in [-0.4, -0.2) is 32.5 Å². The summed E-state index contributed by atoms with van der Waals surface area (Å²) in [5.41, 5.74) is 3.05. The van der Waals surface area contributed by atoms with E-state index in [4.69, 9.17) is 4.42 Å². The van der Waals surface area contributed by atoms with Gasteiger partial charge in [-0.15, -0.1) is 0 Å². The van der Waals surface area contributed by atoms with Crippen LogP contribution in [0, 0.1) is 0 Å². The van der Waals surface area contributed by atoms with Gasteiger partial charge in [-0.2, -0.15) is 5.10 Å². The van der Waals surface area contributed by atoms with Gasteiger partial charge in [-0.3, -0.25) is 14.3 Å². The van der Waals surface area contributed by atoms with Crippen LogP contribution in [0.2, 0.25) is 0 Å². The molecule has 2 heterocycles. The lowest BCUT2D eigenvalue weighted by atomic mass is 10.1. The molecule has 0 radical (unpaired) electrons. The Hall–Kier alpha value is -3.35. The van der Waals surface area contributed by atoms with Crippen LogP contribution in [0.1, 0.15) is 77.4 Å². The maximum atomic E-state index is 13.6. The number of hydrogen-bond donors (Lipinski definition) is 1. The first-order valence-corrected chi connectivity index (χ1v) is 11.2. The van der Waals surface area contributed by atoms with Gasteiger partial charge >= 0.3 is 0 Å². The number of carbonyl (C=O) groups is 2. The average Bonchev–Trinajstić information content (AvgIpc) is 3.27. The number of hydrogen-bond acceptors (Lipinski definition) is 4. The molecule has 0 spiro atoms. The Morgan fingerprint density at radius 1 is 1.19 bits per heavy atom. The van der Waals surface area contributed by atoms with Gasteiger partial charge in [-0.25, -0.2) is 0 Å². The Kier molecular flexibility index (Phi) is 6.44. The average molecular weight is 435 g/mol. The van der Waals surface area contributed by atoms with Crippen molar-refractivity contribution in [1.82, 2.24) is 20.0 Å². The molecule has 0 saturated heterocycles. The van der Waals surface area contributed by atoms with E-state index in [1.54, 1.807) is 15.8 Å². The number of aromatic nitrogens is 2. The highest BCUT2D eigenvalue weighted by Crippen LogP contribution is 2.21. The summed E-state index contributed by atoms with van der Waals surface area (Å²) >= 11 is 0. The third-order valence-electron chi connectivity index (χ3n) is 5.63. The topological polar surface area (TPSA) is 80.4 Å². The predicted molar refractivity (Wildman–Crippen MR) is 121 cm³/mol. The van der Waals surface area contributed by atoms with Crippen molar-refractivity contribution in [1.29, 1.82) is 0 Å². The number of carbonyl (C=O) groups excluding carboxylic acids is 2. The molecule has 3 aromatic rings. The summed E-state index contributed by atoms with van der Waals surface area (Å²) in [5.74, 6) is 0.807. The van der Waals surface area contributed by atoms with Crippen molar-refractivity contribution in [2.24, 2.45) is 0 Å². The van der Waals surface area contributed by atoms with E-state index in [0.717, 1.165) is 24.1 Å². The number of nitrogens with one attached hydrogen (secondary N) is 1. The van der Waals surface area contributed by atoms with Crippen LogP contribution in [0.3, 0.4) is 0 Å². The smallest absolute Gasteiger partial charge is 0.272 e. The van der Waals surface area contributed by atoms with Crippen molar-refractivity contribution >= 4 is 11.8 Å². The minimum absolute atomic E-state index is 0.0457. The molecule has 7 heteroatoms. The van der Waals surface area contributed by atoms with E-state index < -0.39 is 0 Å². The minimum Gasteiger partial charge on any atom is -0.467 e. The Labute approximate surface area is 188 Å². The molecular weight excluding hydrogens is 404 g/mol. The van der Waals surface area contributed by atoms with Gasteiger partial charge in [0.1, 0.15) is 11.5 Å². The standard InChI is InChI=1S/C25H30N4O3/c1-4-29-23(14-22(27-29)17(2)3)25(31)28(16-21-6-5-13-32-21)15-18-7-9-19(10-8-18)24(30)26-20-11-12-20/h5-10,13-14,17,20H,4,11-12,15-16H2,1-3H3,(H,26,30). The van der Waals surface area contributed by atoms with Gasteiger partial charge in [0.25, 0.3) is 11.8 Å². The van der Waals surface area contributed by atoms with Gasteiger partial charge in [-0.05, 0) is 61.6 Å². The van der Waals surface area contributed by atoms with Crippen molar-refractivity contribution in [2.75, 3.05) is 0 Å². The molecule has 2 aromatic heterocycles. The van der Waals surface area contributed by atoms with Gasteiger partial charge in [0.05, 0.1) is 18.5 Å². The van der Waals surface area contributed by atoms with Gasteiger partial charge in [0.2, 0.25) is 0 Å². The zero-order chi connectivity index (χ0) is 22.7. The van der Waals surface area contributed by atoms with E-state index in [9.17, 15) is 9.59 Å². The van der Waals surface area contributed by atoms with Crippen molar-refractivity contribution in [3.05, 3.63) is 77.0 Å². The third-order valence-corrected chi connectivity index (χ3v) is 5.63. The number of nitrogens with zero attached hydrogens (tertiary/aromatic N) is 3. The molecule has 1 N–H and O–H groups in total. The van der Waals surface area contributed by atoms with Gasteiger partial charge < -0.3 is 14.6 Å². The first-order valence-electron chi connectivity index (χ1n) is 11.2. The van der Waals surface area contributed by atoms with Gasteiger partial charge in [0.15, 0.2) is 0 Å². The van der Waals surface area contributed by atoms with Crippen molar-refractivity contribution in [2.45, 2.75) is 65.2 Å². The second-order valence-electron chi connectivity index (χ2n) is 8.61. The van der Waals surface area contributed by atoms with Crippen LogP contribution in [0.5, 0.6) is 0 Å². The number of benzene rings is 1. The van der Waals surface area contributed by atoms with Gasteiger partial charge in [0, 0.05) is 24.7 Å². The molecule has 0 unspecified atom stereocenters. The molecule has 1 aliphatic carbocycles. The summed E-state index contributed by atoms with van der Waals surface area (Å²) in [7, 11) is 0. The summed E-state index contributed by atoms with van der Waals surface area (Å²) in [6, 6.07) is 13.3. The lowest BCUT2D eigenvalue weighted by Gasteiger charge is -2.22. The van der Waals surface area contributed by atoms with Crippen LogP contribution >= 0.6 is 0 Å². The first kappa shape index (κ1) is 21.9. The molecule has 1 saturated carbocycles. The Morgan fingerprint density at radius 3 is 2.53 bits per heavy atom. The highest BCUT2D eigenvalue weighted by atomic mass is 16.3. The fourth-order valence-electron chi connectivity index (χ4n) is 3.56. The summed E-state index contributed by atoms with van der Waals surface area (Å²) in [6.07, 6.45) is 3.72. The summed E-state index contributed by atoms with van der Waals surface area (Å²) in [5, 5.41) is 7.59. The van der Waals surface area contributed by atoms with Crippen molar-refractivity contribution in [3.8, 4) is 0 Å². The zero-order valence-corrected chi connectivity index (χ0v) is 18.9. The van der Waals surface area contributed by atoms with Crippen LogP contribution in [0.25, 0.3) is 0 Å². The second kappa shape index (κ2) is 9.42. The van der Waals surface area contributed by atoms with Crippen molar-refractivity contribution < 1.29 is 14.0 Å². The minimum atomic E-state index is -0.0989. The monoisotopic (exact) mass is 434 g/mol. The fourth-order valence-corrected chi connectivity index (χ4v) is 3.56. The number of rotatable bonds is 9. The number of amides is 2.